The monoisotopic (exact) mass is 877 g/mol. The maximum Gasteiger partial charge on any atom is 0.0784 e. The molecule has 0 spiro atoms. The first-order valence-corrected chi connectivity index (χ1v) is 23.8. The zero-order valence-corrected chi connectivity index (χ0v) is 37.7. The highest BCUT2D eigenvalue weighted by atomic mass is 15.1. The van der Waals surface area contributed by atoms with Gasteiger partial charge in [0.25, 0.3) is 0 Å². The Morgan fingerprint density at radius 1 is 0.188 bits per heavy atom. The van der Waals surface area contributed by atoms with Crippen LogP contribution in [-0.2, 0) is 0 Å². The van der Waals surface area contributed by atoms with Crippen LogP contribution in [0.15, 0.2) is 261 Å². The number of hydrogen-bond acceptors (Lipinski definition) is 0. The standard InChI is InChI=1S/C66H43N3/c1-6-18-44(19-7-1)48-30-34-61-55(38-48)56-39-49(45-20-8-2-9-21-45)31-35-62(56)67(61)53-42-59-54-28-16-17-29-60(54)68(52-26-14-5-15-27-52)66(59)65(43-53)69-63-36-32-50(46-22-10-3-11-23-46)40-57(63)58-41-51(33-37-64(58)69)47-24-12-4-13-25-47/h1-43H. The zero-order chi connectivity index (χ0) is 45.4. The van der Waals surface area contributed by atoms with Gasteiger partial charge >= 0.3 is 0 Å². The number of rotatable bonds is 7. The zero-order valence-electron chi connectivity index (χ0n) is 37.7. The van der Waals surface area contributed by atoms with E-state index >= 15 is 0 Å². The van der Waals surface area contributed by atoms with Crippen molar-refractivity contribution in [1.29, 1.82) is 0 Å². The van der Waals surface area contributed by atoms with Crippen LogP contribution in [0.4, 0.5) is 0 Å². The van der Waals surface area contributed by atoms with E-state index in [1.54, 1.807) is 0 Å². The van der Waals surface area contributed by atoms with Crippen molar-refractivity contribution >= 4 is 65.4 Å². The Hall–Kier alpha value is -9.18. The van der Waals surface area contributed by atoms with E-state index in [9.17, 15) is 0 Å². The second kappa shape index (κ2) is 15.7. The lowest BCUT2D eigenvalue weighted by atomic mass is 10.0. The van der Waals surface area contributed by atoms with Gasteiger partial charge in [-0.2, -0.15) is 0 Å². The molecule has 0 fully saturated rings. The second-order valence-electron chi connectivity index (χ2n) is 18.1. The van der Waals surface area contributed by atoms with E-state index in [2.05, 4.69) is 275 Å². The lowest BCUT2D eigenvalue weighted by Gasteiger charge is -2.17. The van der Waals surface area contributed by atoms with E-state index in [0.29, 0.717) is 0 Å². The summed E-state index contributed by atoms with van der Waals surface area (Å²) < 4.78 is 7.51. The summed E-state index contributed by atoms with van der Waals surface area (Å²) >= 11 is 0. The molecular weight excluding hydrogens is 835 g/mol. The van der Waals surface area contributed by atoms with Crippen LogP contribution in [0.5, 0.6) is 0 Å². The van der Waals surface area contributed by atoms with Gasteiger partial charge in [-0.05, 0) is 123 Å². The van der Waals surface area contributed by atoms with Crippen LogP contribution in [0, 0.1) is 0 Å². The molecule has 0 aliphatic rings. The summed E-state index contributed by atoms with van der Waals surface area (Å²) in [7, 11) is 0. The minimum absolute atomic E-state index is 1.10. The first kappa shape index (κ1) is 39.0. The topological polar surface area (TPSA) is 14.8 Å². The Morgan fingerprint density at radius 3 is 0.957 bits per heavy atom. The van der Waals surface area contributed by atoms with Gasteiger partial charge in [0.05, 0.1) is 38.8 Å². The molecule has 0 atom stereocenters. The minimum atomic E-state index is 1.10. The predicted molar refractivity (Wildman–Crippen MR) is 291 cm³/mol. The summed E-state index contributed by atoms with van der Waals surface area (Å²) in [5.74, 6) is 0. The third kappa shape index (κ3) is 6.29. The molecule has 11 aromatic carbocycles. The average Bonchev–Trinajstić information content (AvgIpc) is 4.06. The molecule has 0 radical (unpaired) electrons. The highest BCUT2D eigenvalue weighted by Gasteiger charge is 2.24. The highest BCUT2D eigenvalue weighted by molar-refractivity contribution is 6.18. The van der Waals surface area contributed by atoms with Gasteiger partial charge in [0.2, 0.25) is 0 Å². The molecule has 322 valence electrons. The van der Waals surface area contributed by atoms with Gasteiger partial charge in [-0.15, -0.1) is 0 Å². The van der Waals surface area contributed by atoms with Crippen LogP contribution < -0.4 is 0 Å². The summed E-state index contributed by atoms with van der Waals surface area (Å²) in [4.78, 5) is 0. The Bertz CT molecular complexity index is 4060. The molecule has 0 unspecified atom stereocenters. The molecule has 14 aromatic rings. The number of hydrogen-bond donors (Lipinski definition) is 0. The van der Waals surface area contributed by atoms with Crippen LogP contribution in [0.25, 0.3) is 127 Å². The smallest absolute Gasteiger partial charge is 0.0784 e. The van der Waals surface area contributed by atoms with Crippen LogP contribution in [0.2, 0.25) is 0 Å². The van der Waals surface area contributed by atoms with E-state index in [1.165, 1.54) is 76.8 Å². The summed E-state index contributed by atoms with van der Waals surface area (Å²) in [6, 6.07) is 95.7. The Morgan fingerprint density at radius 2 is 0.536 bits per heavy atom. The molecule has 3 heteroatoms. The molecule has 0 aliphatic heterocycles. The van der Waals surface area contributed by atoms with E-state index in [-0.39, 0.29) is 0 Å². The van der Waals surface area contributed by atoms with Gasteiger partial charge in [-0.3, -0.25) is 0 Å². The SMILES string of the molecule is c1ccc(-c2ccc3c(c2)c2cc(-c4ccccc4)ccc2n3-c2cc(-n3c4ccc(-c5ccccc5)cc4c4cc(-c5ccccc5)ccc43)c3c(c2)c2ccccc2n3-c2ccccc2)cc1. The van der Waals surface area contributed by atoms with Crippen molar-refractivity contribution in [3.05, 3.63) is 261 Å². The molecule has 14 rings (SSSR count). The maximum absolute atomic E-state index is 2.53. The van der Waals surface area contributed by atoms with Gasteiger partial charge in [-0.1, -0.05) is 182 Å². The molecule has 3 heterocycles. The van der Waals surface area contributed by atoms with Gasteiger partial charge in [0.15, 0.2) is 0 Å². The summed E-state index contributed by atoms with van der Waals surface area (Å²) in [6.45, 7) is 0. The van der Waals surface area contributed by atoms with Crippen molar-refractivity contribution in [3.8, 4) is 61.6 Å². The largest absolute Gasteiger partial charge is 0.309 e. The molecule has 0 aliphatic carbocycles. The Labute approximate surface area is 399 Å². The second-order valence-corrected chi connectivity index (χ2v) is 18.1. The number of benzene rings is 11. The first-order valence-electron chi connectivity index (χ1n) is 23.8. The number of fused-ring (bicyclic) bond motifs is 9. The summed E-state index contributed by atoms with van der Waals surface area (Å²) in [5, 5.41) is 7.26. The van der Waals surface area contributed by atoms with E-state index in [0.717, 1.165) is 50.2 Å². The average molecular weight is 878 g/mol. The molecule has 0 amide bonds. The maximum atomic E-state index is 2.53. The van der Waals surface area contributed by atoms with E-state index < -0.39 is 0 Å². The number of para-hydroxylation sites is 2. The molecule has 0 N–H and O–H groups in total. The molecule has 3 aromatic heterocycles. The van der Waals surface area contributed by atoms with Crippen molar-refractivity contribution < 1.29 is 0 Å². The fourth-order valence-electron chi connectivity index (χ4n) is 11.0. The lowest BCUT2D eigenvalue weighted by Crippen LogP contribution is -2.03. The van der Waals surface area contributed by atoms with Gasteiger partial charge in [0.1, 0.15) is 0 Å². The normalized spacial score (nSPS) is 11.8. The Kier molecular flexibility index (Phi) is 8.90. The quantitative estimate of drug-likeness (QED) is 0.152. The van der Waals surface area contributed by atoms with Crippen molar-refractivity contribution in [3.63, 3.8) is 0 Å². The van der Waals surface area contributed by atoms with Crippen LogP contribution in [0.1, 0.15) is 0 Å². The Balaban J connectivity index is 1.12. The van der Waals surface area contributed by atoms with Crippen molar-refractivity contribution in [2.24, 2.45) is 0 Å². The van der Waals surface area contributed by atoms with Crippen LogP contribution >= 0.6 is 0 Å². The third-order valence-corrected chi connectivity index (χ3v) is 14.2. The summed E-state index contributed by atoms with van der Waals surface area (Å²) in [6.07, 6.45) is 0. The molecule has 0 saturated carbocycles. The van der Waals surface area contributed by atoms with Gasteiger partial charge in [0, 0.05) is 43.7 Å². The molecule has 0 saturated heterocycles. The van der Waals surface area contributed by atoms with Crippen molar-refractivity contribution in [2.45, 2.75) is 0 Å². The molecular formula is C66H43N3. The van der Waals surface area contributed by atoms with E-state index in [1.807, 2.05) is 0 Å². The van der Waals surface area contributed by atoms with Crippen LogP contribution in [-0.4, -0.2) is 13.7 Å². The first-order chi connectivity index (χ1) is 34.2. The fourth-order valence-corrected chi connectivity index (χ4v) is 11.0. The van der Waals surface area contributed by atoms with Gasteiger partial charge < -0.3 is 13.7 Å². The lowest BCUT2D eigenvalue weighted by molar-refractivity contribution is 1.11. The van der Waals surface area contributed by atoms with Crippen molar-refractivity contribution in [2.75, 3.05) is 0 Å². The van der Waals surface area contributed by atoms with Crippen molar-refractivity contribution in [1.82, 2.24) is 13.7 Å². The molecule has 3 nitrogen and oxygen atoms in total. The molecule has 69 heavy (non-hydrogen) atoms. The number of nitrogens with zero attached hydrogens (tertiary/aromatic N) is 3. The fraction of sp³-hybridized carbons (Fsp3) is 0. The summed E-state index contributed by atoms with van der Waals surface area (Å²) in [5.41, 5.74) is 19.9. The minimum Gasteiger partial charge on any atom is -0.309 e. The predicted octanol–water partition coefficient (Wildman–Crippen LogP) is 17.6. The highest BCUT2D eigenvalue weighted by Crippen LogP contribution is 2.45. The van der Waals surface area contributed by atoms with Crippen LogP contribution in [0.3, 0.4) is 0 Å². The number of aromatic nitrogens is 3. The molecule has 0 bridgehead atoms. The third-order valence-electron chi connectivity index (χ3n) is 14.2. The van der Waals surface area contributed by atoms with E-state index in [4.69, 9.17) is 0 Å². The van der Waals surface area contributed by atoms with Gasteiger partial charge in [-0.25, -0.2) is 0 Å².